The fraction of sp³-hybridized carbons (Fsp3) is 0.350. The number of carbonyl (C=O) groups excluding carboxylic acids is 1. The van der Waals surface area contributed by atoms with Crippen LogP contribution in [-0.2, 0) is 0 Å². The average molecular weight is 343 g/mol. The van der Waals surface area contributed by atoms with Gasteiger partial charge in [-0.2, -0.15) is 0 Å². The zero-order chi connectivity index (χ0) is 17.1. The normalized spacial score (nSPS) is 15.1. The molecule has 1 aliphatic rings. The Morgan fingerprint density at radius 3 is 2.33 bits per heavy atom. The number of halogens is 1. The number of hydrogen-bond donors (Lipinski definition) is 1. The van der Waals surface area contributed by atoms with Crippen molar-refractivity contribution in [1.82, 2.24) is 4.90 Å². The van der Waals surface area contributed by atoms with Gasteiger partial charge in [-0.1, -0.05) is 36.6 Å². The summed E-state index contributed by atoms with van der Waals surface area (Å²) in [6.45, 7) is 2.70. The van der Waals surface area contributed by atoms with E-state index < -0.39 is 0 Å². The number of rotatable bonds is 6. The minimum absolute atomic E-state index is 0.0538. The van der Waals surface area contributed by atoms with Crippen molar-refractivity contribution in [3.05, 3.63) is 64.7 Å². The Labute approximate surface area is 148 Å². The fourth-order valence-electron chi connectivity index (χ4n) is 3.09. The van der Waals surface area contributed by atoms with Crippen LogP contribution in [-0.4, -0.2) is 17.4 Å². The Morgan fingerprint density at radius 1 is 1.17 bits per heavy atom. The number of nitrogens with two attached hydrogens (primary N) is 1. The maximum absolute atomic E-state index is 13.0. The van der Waals surface area contributed by atoms with Crippen molar-refractivity contribution in [1.29, 1.82) is 0 Å². The van der Waals surface area contributed by atoms with Crippen molar-refractivity contribution >= 4 is 23.2 Å². The van der Waals surface area contributed by atoms with E-state index >= 15 is 0 Å². The molecule has 0 spiro atoms. The third-order valence-corrected chi connectivity index (χ3v) is 4.90. The van der Waals surface area contributed by atoms with Crippen molar-refractivity contribution in [2.24, 2.45) is 5.92 Å². The maximum atomic E-state index is 13.0. The van der Waals surface area contributed by atoms with Crippen molar-refractivity contribution in [2.45, 2.75) is 32.2 Å². The van der Waals surface area contributed by atoms with E-state index in [0.29, 0.717) is 17.8 Å². The molecule has 1 unspecified atom stereocenters. The van der Waals surface area contributed by atoms with Crippen LogP contribution in [0.15, 0.2) is 48.5 Å². The summed E-state index contributed by atoms with van der Waals surface area (Å²) < 4.78 is 0. The molecule has 1 atom stereocenters. The molecule has 0 radical (unpaired) electrons. The van der Waals surface area contributed by atoms with Crippen LogP contribution in [0.5, 0.6) is 0 Å². The lowest BCUT2D eigenvalue weighted by Crippen LogP contribution is -2.35. The van der Waals surface area contributed by atoms with Gasteiger partial charge in [-0.05, 0) is 61.2 Å². The third-order valence-electron chi connectivity index (χ3n) is 4.64. The largest absolute Gasteiger partial charge is 0.399 e. The van der Waals surface area contributed by atoms with Crippen LogP contribution in [0.4, 0.5) is 5.69 Å². The molecule has 4 heteroatoms. The molecule has 0 bridgehead atoms. The topological polar surface area (TPSA) is 46.3 Å². The number of hydrogen-bond acceptors (Lipinski definition) is 2. The van der Waals surface area contributed by atoms with Gasteiger partial charge >= 0.3 is 0 Å². The van der Waals surface area contributed by atoms with Crippen LogP contribution in [0.2, 0.25) is 5.02 Å². The first kappa shape index (κ1) is 16.8. The van der Waals surface area contributed by atoms with Crippen LogP contribution < -0.4 is 5.73 Å². The molecule has 3 nitrogen and oxygen atoms in total. The van der Waals surface area contributed by atoms with Crippen molar-refractivity contribution in [3.8, 4) is 0 Å². The fourth-order valence-corrected chi connectivity index (χ4v) is 3.22. The Kier molecular flexibility index (Phi) is 5.10. The van der Waals surface area contributed by atoms with E-state index in [2.05, 4.69) is 0 Å². The second-order valence-corrected chi connectivity index (χ2v) is 6.90. The second kappa shape index (κ2) is 7.27. The Bertz CT molecular complexity index is 693. The van der Waals surface area contributed by atoms with Gasteiger partial charge in [0.15, 0.2) is 0 Å². The molecule has 2 aromatic carbocycles. The molecule has 0 aliphatic heterocycles. The molecular formula is C20H23ClN2O. The van der Waals surface area contributed by atoms with E-state index in [1.165, 1.54) is 12.8 Å². The quantitative estimate of drug-likeness (QED) is 0.757. The van der Waals surface area contributed by atoms with Crippen molar-refractivity contribution in [3.63, 3.8) is 0 Å². The summed E-state index contributed by atoms with van der Waals surface area (Å²) in [5.74, 6) is 0.775. The third kappa shape index (κ3) is 3.90. The molecule has 1 amide bonds. The summed E-state index contributed by atoms with van der Waals surface area (Å²) in [6.07, 6.45) is 3.53. The number of carbonyl (C=O) groups is 1. The molecule has 3 rings (SSSR count). The minimum atomic E-state index is 0.0538. The van der Waals surface area contributed by atoms with E-state index in [9.17, 15) is 4.79 Å². The number of nitrogens with zero attached hydrogens (tertiary/aromatic N) is 1. The highest BCUT2D eigenvalue weighted by molar-refractivity contribution is 6.30. The lowest BCUT2D eigenvalue weighted by Gasteiger charge is -2.32. The number of benzene rings is 2. The molecule has 2 aromatic rings. The lowest BCUT2D eigenvalue weighted by molar-refractivity contribution is 0.0673. The number of anilines is 1. The molecule has 24 heavy (non-hydrogen) atoms. The molecule has 2 N–H and O–H groups in total. The first-order valence-electron chi connectivity index (χ1n) is 8.50. The molecule has 0 saturated heterocycles. The van der Waals surface area contributed by atoms with Gasteiger partial charge in [0.05, 0.1) is 6.04 Å². The number of amides is 1. The van der Waals surface area contributed by atoms with E-state index in [4.69, 9.17) is 17.3 Å². The molecule has 1 aliphatic carbocycles. The van der Waals surface area contributed by atoms with Gasteiger partial charge < -0.3 is 10.6 Å². The Morgan fingerprint density at radius 2 is 1.79 bits per heavy atom. The molecular weight excluding hydrogens is 320 g/mol. The highest BCUT2D eigenvalue weighted by Crippen LogP contribution is 2.40. The minimum Gasteiger partial charge on any atom is -0.399 e. The van der Waals surface area contributed by atoms with E-state index in [0.717, 1.165) is 22.9 Å². The summed E-state index contributed by atoms with van der Waals surface area (Å²) in [5.41, 5.74) is 8.24. The molecule has 0 aromatic heterocycles. The van der Waals surface area contributed by atoms with Gasteiger partial charge in [0.1, 0.15) is 0 Å². The molecule has 1 saturated carbocycles. The Balaban J connectivity index is 1.89. The smallest absolute Gasteiger partial charge is 0.254 e. The first-order valence-corrected chi connectivity index (χ1v) is 8.88. The predicted octanol–water partition coefficient (Wildman–Crippen LogP) is 4.93. The summed E-state index contributed by atoms with van der Waals surface area (Å²) in [6, 6.07) is 15.1. The van der Waals surface area contributed by atoms with E-state index in [1.54, 1.807) is 24.3 Å². The lowest BCUT2D eigenvalue weighted by atomic mass is 9.98. The predicted molar refractivity (Wildman–Crippen MR) is 99.1 cm³/mol. The van der Waals surface area contributed by atoms with Gasteiger partial charge in [-0.25, -0.2) is 0 Å². The summed E-state index contributed by atoms with van der Waals surface area (Å²) in [7, 11) is 0. The Hall–Kier alpha value is -2.00. The summed E-state index contributed by atoms with van der Waals surface area (Å²) in [5, 5.41) is 0.719. The maximum Gasteiger partial charge on any atom is 0.254 e. The van der Waals surface area contributed by atoms with Gasteiger partial charge in [0, 0.05) is 22.8 Å². The first-order chi connectivity index (χ1) is 11.6. The van der Waals surface area contributed by atoms with Gasteiger partial charge in [0.2, 0.25) is 0 Å². The molecule has 0 heterocycles. The van der Waals surface area contributed by atoms with Crippen LogP contribution in [0.3, 0.4) is 0 Å². The summed E-state index contributed by atoms with van der Waals surface area (Å²) in [4.78, 5) is 15.0. The average Bonchev–Trinajstić information content (AvgIpc) is 3.40. The highest BCUT2D eigenvalue weighted by Gasteiger charge is 2.31. The molecule has 126 valence electrons. The van der Waals surface area contributed by atoms with Crippen LogP contribution in [0.25, 0.3) is 0 Å². The summed E-state index contributed by atoms with van der Waals surface area (Å²) >= 11 is 6.03. The standard InChI is InChI=1S/C20H23ClN2O/c1-2-23(20(24)16-7-11-18(22)12-8-16)19(13-14-3-4-14)15-5-9-17(21)10-6-15/h5-12,14,19H,2-4,13,22H2,1H3. The molecule has 1 fully saturated rings. The number of nitrogen functional groups attached to an aromatic ring is 1. The van der Waals surface area contributed by atoms with Gasteiger partial charge in [-0.15, -0.1) is 0 Å². The monoisotopic (exact) mass is 342 g/mol. The van der Waals surface area contributed by atoms with Crippen molar-refractivity contribution in [2.75, 3.05) is 12.3 Å². The highest BCUT2D eigenvalue weighted by atomic mass is 35.5. The zero-order valence-electron chi connectivity index (χ0n) is 13.9. The van der Waals surface area contributed by atoms with Gasteiger partial charge in [0.25, 0.3) is 5.91 Å². The van der Waals surface area contributed by atoms with Gasteiger partial charge in [-0.3, -0.25) is 4.79 Å². The van der Waals surface area contributed by atoms with E-state index in [-0.39, 0.29) is 11.9 Å². The SMILES string of the molecule is CCN(C(=O)c1ccc(N)cc1)C(CC1CC1)c1ccc(Cl)cc1. The van der Waals surface area contributed by atoms with Crippen LogP contribution in [0.1, 0.15) is 48.1 Å². The zero-order valence-corrected chi connectivity index (χ0v) is 14.7. The van der Waals surface area contributed by atoms with Crippen molar-refractivity contribution < 1.29 is 4.79 Å². The van der Waals surface area contributed by atoms with Crippen LogP contribution >= 0.6 is 11.6 Å². The van der Waals surface area contributed by atoms with E-state index in [1.807, 2.05) is 36.1 Å². The second-order valence-electron chi connectivity index (χ2n) is 6.46. The van der Waals surface area contributed by atoms with Crippen LogP contribution in [0, 0.1) is 5.92 Å².